The molecule has 2 amide bonds. The summed E-state index contributed by atoms with van der Waals surface area (Å²) >= 11 is 0. The fourth-order valence-electron chi connectivity index (χ4n) is 3.69. The molecule has 0 saturated carbocycles. The lowest BCUT2D eigenvalue weighted by Gasteiger charge is -2.35. The summed E-state index contributed by atoms with van der Waals surface area (Å²) in [5.41, 5.74) is 1.15. The molecular weight excluding hydrogens is 330 g/mol. The van der Waals surface area contributed by atoms with Gasteiger partial charge in [-0.05, 0) is 50.3 Å². The molecule has 2 aliphatic rings. The van der Waals surface area contributed by atoms with E-state index in [9.17, 15) is 9.59 Å². The van der Waals surface area contributed by atoms with Gasteiger partial charge in [0.1, 0.15) is 0 Å². The predicted molar refractivity (Wildman–Crippen MR) is 99.7 cm³/mol. The van der Waals surface area contributed by atoms with Crippen molar-refractivity contribution >= 4 is 11.8 Å². The van der Waals surface area contributed by atoms with Crippen LogP contribution in [0, 0.1) is 5.92 Å². The highest BCUT2D eigenvalue weighted by molar-refractivity contribution is 6.35. The molecule has 142 valence electrons. The molecule has 2 aliphatic heterocycles. The number of hydrogen-bond acceptors (Lipinski definition) is 4. The molecule has 2 heterocycles. The minimum Gasteiger partial charge on any atom is -0.380 e. The number of carbonyl (C=O) groups is 2. The van der Waals surface area contributed by atoms with Crippen LogP contribution in [0.4, 0.5) is 0 Å². The van der Waals surface area contributed by atoms with Crippen molar-refractivity contribution in [2.24, 2.45) is 5.92 Å². The van der Waals surface area contributed by atoms with Gasteiger partial charge in [-0.2, -0.15) is 0 Å². The van der Waals surface area contributed by atoms with Crippen LogP contribution in [0.2, 0.25) is 0 Å². The number of piperidine rings is 1. The molecule has 1 aromatic rings. The predicted octanol–water partition coefficient (Wildman–Crippen LogP) is 0.962. The lowest BCUT2D eigenvalue weighted by molar-refractivity contribution is -0.139. The largest absolute Gasteiger partial charge is 0.380 e. The molecule has 0 aromatic heterocycles. The third kappa shape index (κ3) is 5.54. The van der Waals surface area contributed by atoms with Gasteiger partial charge in [-0.15, -0.1) is 0 Å². The molecule has 2 N–H and O–H groups in total. The fourth-order valence-corrected chi connectivity index (χ4v) is 3.69. The van der Waals surface area contributed by atoms with Crippen molar-refractivity contribution in [1.29, 1.82) is 0 Å². The SMILES string of the molecule is O=C(NCCc1ccccc1)C(=O)NCC1CCN([C@@H]2CCOC2)CC1. The molecule has 2 fully saturated rings. The maximum absolute atomic E-state index is 12.0. The van der Waals surface area contributed by atoms with Crippen molar-refractivity contribution in [3.8, 4) is 0 Å². The Morgan fingerprint density at radius 2 is 1.77 bits per heavy atom. The summed E-state index contributed by atoms with van der Waals surface area (Å²) in [6, 6.07) is 10.5. The summed E-state index contributed by atoms with van der Waals surface area (Å²) < 4.78 is 5.46. The first-order valence-corrected chi connectivity index (χ1v) is 9.64. The molecule has 1 aromatic carbocycles. The van der Waals surface area contributed by atoms with Gasteiger partial charge in [-0.3, -0.25) is 14.5 Å². The Labute approximate surface area is 155 Å². The molecule has 0 unspecified atom stereocenters. The number of likely N-dealkylation sites (tertiary alicyclic amines) is 1. The number of amides is 2. The molecule has 26 heavy (non-hydrogen) atoms. The number of nitrogens with zero attached hydrogens (tertiary/aromatic N) is 1. The van der Waals surface area contributed by atoms with Crippen LogP contribution in [-0.4, -0.2) is 62.1 Å². The van der Waals surface area contributed by atoms with Crippen LogP contribution in [0.3, 0.4) is 0 Å². The average molecular weight is 359 g/mol. The van der Waals surface area contributed by atoms with E-state index in [0.29, 0.717) is 25.0 Å². The Bertz CT molecular complexity index is 579. The zero-order valence-corrected chi connectivity index (χ0v) is 15.3. The highest BCUT2D eigenvalue weighted by Gasteiger charge is 2.28. The topological polar surface area (TPSA) is 70.7 Å². The van der Waals surface area contributed by atoms with Gasteiger partial charge in [-0.1, -0.05) is 30.3 Å². The lowest BCUT2D eigenvalue weighted by atomic mass is 9.95. The van der Waals surface area contributed by atoms with Gasteiger partial charge in [0.05, 0.1) is 6.61 Å². The van der Waals surface area contributed by atoms with Crippen molar-refractivity contribution in [2.75, 3.05) is 39.4 Å². The number of carbonyl (C=O) groups excluding carboxylic acids is 2. The minimum atomic E-state index is -0.540. The molecular formula is C20H29N3O3. The quantitative estimate of drug-likeness (QED) is 0.743. The van der Waals surface area contributed by atoms with E-state index < -0.39 is 11.8 Å². The normalized spacial score (nSPS) is 21.5. The van der Waals surface area contributed by atoms with Crippen molar-refractivity contribution in [3.05, 3.63) is 35.9 Å². The molecule has 2 saturated heterocycles. The summed E-state index contributed by atoms with van der Waals surface area (Å²) in [6.07, 6.45) is 3.98. The van der Waals surface area contributed by atoms with Crippen molar-refractivity contribution in [2.45, 2.75) is 31.7 Å². The van der Waals surface area contributed by atoms with Crippen LogP contribution >= 0.6 is 0 Å². The van der Waals surface area contributed by atoms with Gasteiger partial charge in [0.15, 0.2) is 0 Å². The minimum absolute atomic E-state index is 0.453. The summed E-state index contributed by atoms with van der Waals surface area (Å²) in [6.45, 7) is 4.89. The summed E-state index contributed by atoms with van der Waals surface area (Å²) in [4.78, 5) is 26.3. The summed E-state index contributed by atoms with van der Waals surface area (Å²) in [5.74, 6) is -0.610. The third-order valence-electron chi connectivity index (χ3n) is 5.37. The van der Waals surface area contributed by atoms with Gasteiger partial charge in [-0.25, -0.2) is 0 Å². The second-order valence-corrected chi connectivity index (χ2v) is 7.20. The van der Waals surface area contributed by atoms with E-state index in [1.165, 1.54) is 0 Å². The van der Waals surface area contributed by atoms with Crippen LogP contribution in [0.1, 0.15) is 24.8 Å². The number of nitrogens with one attached hydrogen (secondary N) is 2. The zero-order valence-electron chi connectivity index (χ0n) is 15.3. The van der Waals surface area contributed by atoms with Crippen molar-refractivity contribution in [3.63, 3.8) is 0 Å². The van der Waals surface area contributed by atoms with E-state index in [-0.39, 0.29) is 0 Å². The molecule has 0 aliphatic carbocycles. The first-order chi connectivity index (χ1) is 12.7. The maximum atomic E-state index is 12.0. The van der Waals surface area contributed by atoms with Crippen molar-refractivity contribution in [1.82, 2.24) is 15.5 Å². The number of rotatable bonds is 6. The molecule has 3 rings (SSSR count). The molecule has 0 bridgehead atoms. The number of hydrogen-bond donors (Lipinski definition) is 2. The van der Waals surface area contributed by atoms with Gasteiger partial charge < -0.3 is 15.4 Å². The van der Waals surface area contributed by atoms with Crippen LogP contribution < -0.4 is 10.6 Å². The van der Waals surface area contributed by atoms with E-state index in [1.807, 2.05) is 30.3 Å². The second kappa shape index (κ2) is 9.69. The Kier molecular flexibility index (Phi) is 7.03. The third-order valence-corrected chi connectivity index (χ3v) is 5.37. The summed E-state index contributed by atoms with van der Waals surface area (Å²) in [5, 5.41) is 5.48. The van der Waals surface area contributed by atoms with E-state index in [1.54, 1.807) is 0 Å². The highest BCUT2D eigenvalue weighted by atomic mass is 16.5. The van der Waals surface area contributed by atoms with Crippen LogP contribution in [-0.2, 0) is 20.7 Å². The molecule has 0 radical (unpaired) electrons. The monoisotopic (exact) mass is 359 g/mol. The maximum Gasteiger partial charge on any atom is 0.309 e. The summed E-state index contributed by atoms with van der Waals surface area (Å²) in [7, 11) is 0. The average Bonchev–Trinajstić information content (AvgIpc) is 3.22. The van der Waals surface area contributed by atoms with Gasteiger partial charge in [0, 0.05) is 25.7 Å². The number of ether oxygens (including phenoxy) is 1. The molecule has 1 atom stereocenters. The molecule has 6 heteroatoms. The van der Waals surface area contributed by atoms with E-state index >= 15 is 0 Å². The first-order valence-electron chi connectivity index (χ1n) is 9.64. The van der Waals surface area contributed by atoms with E-state index in [0.717, 1.165) is 57.6 Å². The Morgan fingerprint density at radius 3 is 2.46 bits per heavy atom. The smallest absolute Gasteiger partial charge is 0.309 e. The lowest BCUT2D eigenvalue weighted by Crippen LogP contribution is -2.46. The Hall–Kier alpha value is -1.92. The van der Waals surface area contributed by atoms with Gasteiger partial charge in [0.2, 0.25) is 0 Å². The van der Waals surface area contributed by atoms with Crippen LogP contribution in [0.15, 0.2) is 30.3 Å². The highest BCUT2D eigenvalue weighted by Crippen LogP contribution is 2.21. The van der Waals surface area contributed by atoms with Crippen LogP contribution in [0.5, 0.6) is 0 Å². The standard InChI is InChI=1S/C20H29N3O3/c24-19(21-10-6-16-4-2-1-3-5-16)20(25)22-14-17-7-11-23(12-8-17)18-9-13-26-15-18/h1-5,17-18H,6-15H2,(H,21,24)(H,22,25)/t18-/m1/s1. The van der Waals surface area contributed by atoms with E-state index in [4.69, 9.17) is 4.74 Å². The fraction of sp³-hybridized carbons (Fsp3) is 0.600. The van der Waals surface area contributed by atoms with E-state index in [2.05, 4.69) is 15.5 Å². The number of benzene rings is 1. The Balaban J connectivity index is 1.29. The van der Waals surface area contributed by atoms with Gasteiger partial charge >= 0.3 is 11.8 Å². The zero-order chi connectivity index (χ0) is 18.2. The second-order valence-electron chi connectivity index (χ2n) is 7.20. The first kappa shape index (κ1) is 18.9. The Morgan fingerprint density at radius 1 is 1.04 bits per heavy atom. The van der Waals surface area contributed by atoms with Gasteiger partial charge in [0.25, 0.3) is 0 Å². The van der Waals surface area contributed by atoms with Crippen LogP contribution in [0.25, 0.3) is 0 Å². The van der Waals surface area contributed by atoms with Crippen molar-refractivity contribution < 1.29 is 14.3 Å². The molecule has 0 spiro atoms. The molecule has 6 nitrogen and oxygen atoms in total.